The van der Waals surface area contributed by atoms with Crippen molar-refractivity contribution in [2.75, 3.05) is 13.1 Å². The van der Waals surface area contributed by atoms with E-state index < -0.39 is 0 Å². The third kappa shape index (κ3) is 2.67. The monoisotopic (exact) mass is 309 g/mol. The third-order valence-corrected chi connectivity index (χ3v) is 5.31. The lowest BCUT2D eigenvalue weighted by atomic mass is 9.92. The fourth-order valence-corrected chi connectivity index (χ4v) is 4.10. The number of carbonyl (C=O) groups is 1. The summed E-state index contributed by atoms with van der Waals surface area (Å²) in [6.45, 7) is 3.72. The Bertz CT molecular complexity index is 721. The molecule has 1 aromatic heterocycles. The Morgan fingerprint density at radius 3 is 3.00 bits per heavy atom. The van der Waals surface area contributed by atoms with Gasteiger partial charge in [-0.3, -0.25) is 9.89 Å². The molecule has 1 aliphatic carbocycles. The summed E-state index contributed by atoms with van der Waals surface area (Å²) in [5, 5.41) is 7.43. The van der Waals surface area contributed by atoms with Crippen LogP contribution in [0.25, 0.3) is 0 Å². The van der Waals surface area contributed by atoms with Crippen LogP contribution < -0.4 is 0 Å². The Morgan fingerprint density at radius 2 is 2.17 bits per heavy atom. The minimum atomic E-state index is 0.0610. The number of rotatable bonds is 2. The van der Waals surface area contributed by atoms with Crippen LogP contribution in [0, 0.1) is 6.92 Å². The maximum atomic E-state index is 13.0. The van der Waals surface area contributed by atoms with E-state index in [0.29, 0.717) is 11.8 Å². The van der Waals surface area contributed by atoms with E-state index in [-0.39, 0.29) is 5.92 Å². The van der Waals surface area contributed by atoms with E-state index in [2.05, 4.69) is 45.4 Å². The Labute approximate surface area is 136 Å². The summed E-state index contributed by atoms with van der Waals surface area (Å²) in [5.74, 6) is 0.743. The highest BCUT2D eigenvalue weighted by Gasteiger charge is 2.34. The molecule has 0 bridgehead atoms. The minimum Gasteiger partial charge on any atom is -0.341 e. The van der Waals surface area contributed by atoms with Crippen LogP contribution in [0.2, 0.25) is 0 Å². The molecule has 1 aliphatic heterocycles. The van der Waals surface area contributed by atoms with Crippen molar-refractivity contribution < 1.29 is 4.79 Å². The molecule has 120 valence electrons. The zero-order valence-electron chi connectivity index (χ0n) is 13.6. The van der Waals surface area contributed by atoms with E-state index in [0.717, 1.165) is 50.2 Å². The van der Waals surface area contributed by atoms with Gasteiger partial charge in [-0.2, -0.15) is 5.10 Å². The first-order chi connectivity index (χ1) is 11.2. The van der Waals surface area contributed by atoms with Gasteiger partial charge in [-0.15, -0.1) is 0 Å². The Hall–Kier alpha value is -2.10. The summed E-state index contributed by atoms with van der Waals surface area (Å²) in [6.07, 6.45) is 4.18. The van der Waals surface area contributed by atoms with Crippen molar-refractivity contribution in [3.05, 3.63) is 52.8 Å². The summed E-state index contributed by atoms with van der Waals surface area (Å²) >= 11 is 0. The number of hydrogen-bond donors (Lipinski definition) is 1. The van der Waals surface area contributed by atoms with Crippen LogP contribution in [-0.2, 0) is 11.2 Å². The molecular formula is C19H23N3O. The van der Waals surface area contributed by atoms with Crippen LogP contribution in [0.15, 0.2) is 30.3 Å². The van der Waals surface area contributed by atoms with Crippen LogP contribution in [0.1, 0.15) is 53.6 Å². The molecule has 0 unspecified atom stereocenters. The Balaban J connectivity index is 1.51. The van der Waals surface area contributed by atoms with Crippen molar-refractivity contribution in [2.45, 2.75) is 44.4 Å². The molecule has 1 aromatic carbocycles. The zero-order chi connectivity index (χ0) is 15.8. The molecule has 2 aliphatic rings. The van der Waals surface area contributed by atoms with Gasteiger partial charge in [-0.1, -0.05) is 24.3 Å². The Kier molecular flexibility index (Phi) is 3.68. The third-order valence-electron chi connectivity index (χ3n) is 5.31. The fourth-order valence-electron chi connectivity index (χ4n) is 4.10. The highest BCUT2D eigenvalue weighted by atomic mass is 16.2. The molecular weight excluding hydrogens is 286 g/mol. The standard InChI is InChI=1S/C19H23N3O/c1-13-11-18(21-20-13)15-6-4-10-22(12-15)19(23)17-9-8-14-5-2-3-7-16(14)17/h2-3,5,7,11,15,17H,4,6,8-10,12H2,1H3,(H,20,21)/t15-,17-/m1/s1. The fraction of sp³-hybridized carbons (Fsp3) is 0.474. The highest BCUT2D eigenvalue weighted by Crippen LogP contribution is 2.36. The van der Waals surface area contributed by atoms with Crippen LogP contribution >= 0.6 is 0 Å². The normalized spacial score (nSPS) is 23.8. The maximum absolute atomic E-state index is 13.0. The second-order valence-electron chi connectivity index (χ2n) is 6.89. The van der Waals surface area contributed by atoms with E-state index in [1.807, 2.05) is 6.92 Å². The summed E-state index contributed by atoms with van der Waals surface area (Å²) < 4.78 is 0. The van der Waals surface area contributed by atoms with Gasteiger partial charge >= 0.3 is 0 Å². The lowest BCUT2D eigenvalue weighted by Gasteiger charge is -2.34. The van der Waals surface area contributed by atoms with E-state index in [4.69, 9.17) is 0 Å². The van der Waals surface area contributed by atoms with Gasteiger partial charge in [0.05, 0.1) is 11.6 Å². The first kappa shape index (κ1) is 14.5. The van der Waals surface area contributed by atoms with Gasteiger partial charge in [0.2, 0.25) is 5.91 Å². The van der Waals surface area contributed by atoms with Crippen molar-refractivity contribution in [1.29, 1.82) is 0 Å². The van der Waals surface area contributed by atoms with E-state index in [1.54, 1.807) is 0 Å². The van der Waals surface area contributed by atoms with Crippen molar-refractivity contribution in [3.8, 4) is 0 Å². The molecule has 1 fully saturated rings. The summed E-state index contributed by atoms with van der Waals surface area (Å²) in [4.78, 5) is 15.1. The number of benzene rings is 1. The molecule has 1 N–H and O–H groups in total. The second kappa shape index (κ2) is 5.84. The molecule has 0 spiro atoms. The van der Waals surface area contributed by atoms with Crippen molar-refractivity contribution >= 4 is 5.91 Å². The first-order valence-electron chi connectivity index (χ1n) is 8.61. The number of likely N-dealkylation sites (tertiary alicyclic amines) is 1. The highest BCUT2D eigenvalue weighted by molar-refractivity contribution is 5.85. The number of piperidine rings is 1. The number of H-pyrrole nitrogens is 1. The van der Waals surface area contributed by atoms with Crippen LogP contribution in [0.4, 0.5) is 0 Å². The number of fused-ring (bicyclic) bond motifs is 1. The molecule has 2 heterocycles. The lowest BCUT2D eigenvalue weighted by molar-refractivity contribution is -0.134. The number of aryl methyl sites for hydroxylation is 2. The van der Waals surface area contributed by atoms with Gasteiger partial charge < -0.3 is 4.90 Å². The number of nitrogens with one attached hydrogen (secondary N) is 1. The first-order valence-corrected chi connectivity index (χ1v) is 8.61. The van der Waals surface area contributed by atoms with Crippen molar-refractivity contribution in [1.82, 2.24) is 15.1 Å². The number of carbonyl (C=O) groups excluding carboxylic acids is 1. The van der Waals surface area contributed by atoms with Crippen molar-refractivity contribution in [3.63, 3.8) is 0 Å². The SMILES string of the molecule is Cc1cc([C@@H]2CCCN(C(=O)[C@@H]3CCc4ccccc43)C2)n[nH]1. The van der Waals surface area contributed by atoms with Crippen LogP contribution in [-0.4, -0.2) is 34.1 Å². The molecule has 4 nitrogen and oxygen atoms in total. The second-order valence-corrected chi connectivity index (χ2v) is 6.89. The van der Waals surface area contributed by atoms with Gasteiger partial charge in [-0.05, 0) is 49.8 Å². The molecule has 4 rings (SSSR count). The van der Waals surface area contributed by atoms with Gasteiger partial charge in [0, 0.05) is 24.7 Å². The molecule has 2 aromatic rings. The summed E-state index contributed by atoms with van der Waals surface area (Å²) in [7, 11) is 0. The minimum absolute atomic E-state index is 0.0610. The number of hydrogen-bond acceptors (Lipinski definition) is 2. The predicted octanol–water partition coefficient (Wildman–Crippen LogP) is 3.15. The summed E-state index contributed by atoms with van der Waals surface area (Å²) in [5.41, 5.74) is 4.79. The number of amides is 1. The maximum Gasteiger partial charge on any atom is 0.230 e. The van der Waals surface area contributed by atoms with Crippen LogP contribution in [0.5, 0.6) is 0 Å². The van der Waals surface area contributed by atoms with Gasteiger partial charge in [-0.25, -0.2) is 0 Å². The molecule has 0 saturated carbocycles. The largest absolute Gasteiger partial charge is 0.341 e. The smallest absolute Gasteiger partial charge is 0.230 e. The lowest BCUT2D eigenvalue weighted by Crippen LogP contribution is -2.41. The molecule has 1 amide bonds. The molecule has 1 saturated heterocycles. The van der Waals surface area contributed by atoms with E-state index >= 15 is 0 Å². The predicted molar refractivity (Wildman–Crippen MR) is 89.4 cm³/mol. The molecule has 0 radical (unpaired) electrons. The average Bonchev–Trinajstić information content (AvgIpc) is 3.20. The number of aromatic amines is 1. The zero-order valence-corrected chi connectivity index (χ0v) is 13.6. The Morgan fingerprint density at radius 1 is 1.30 bits per heavy atom. The number of aromatic nitrogens is 2. The summed E-state index contributed by atoms with van der Waals surface area (Å²) in [6, 6.07) is 10.5. The molecule has 2 atom stereocenters. The van der Waals surface area contributed by atoms with Crippen molar-refractivity contribution in [2.24, 2.45) is 0 Å². The molecule has 23 heavy (non-hydrogen) atoms. The van der Waals surface area contributed by atoms with Gasteiger partial charge in [0.15, 0.2) is 0 Å². The van der Waals surface area contributed by atoms with E-state index in [9.17, 15) is 4.79 Å². The van der Waals surface area contributed by atoms with Gasteiger partial charge in [0.25, 0.3) is 0 Å². The van der Waals surface area contributed by atoms with Crippen LogP contribution in [0.3, 0.4) is 0 Å². The van der Waals surface area contributed by atoms with Gasteiger partial charge in [0.1, 0.15) is 0 Å². The average molecular weight is 309 g/mol. The quantitative estimate of drug-likeness (QED) is 0.926. The topological polar surface area (TPSA) is 49.0 Å². The number of nitrogens with zero attached hydrogens (tertiary/aromatic N) is 2. The molecule has 4 heteroatoms. The van der Waals surface area contributed by atoms with E-state index in [1.165, 1.54) is 11.1 Å².